The predicted molar refractivity (Wildman–Crippen MR) is 64.4 cm³/mol. The molecule has 2 N–H and O–H groups in total. The van der Waals surface area contributed by atoms with E-state index in [4.69, 9.17) is 28.3 Å². The minimum Gasteiger partial charge on any atom is -0.481 e. The van der Waals surface area contributed by atoms with E-state index < -0.39 is 11.9 Å². The number of carboxylic acids is 1. The highest BCUT2D eigenvalue weighted by molar-refractivity contribution is 6.42. The summed E-state index contributed by atoms with van der Waals surface area (Å²) in [6.07, 6.45) is 1.68. The largest absolute Gasteiger partial charge is 0.481 e. The number of benzene rings is 1. The maximum Gasteiger partial charge on any atom is 0.310 e. The van der Waals surface area contributed by atoms with E-state index in [1.54, 1.807) is 25.3 Å². The van der Waals surface area contributed by atoms with Gasteiger partial charge >= 0.3 is 5.97 Å². The second-order valence-electron chi connectivity index (χ2n) is 3.62. The Kier molecular flexibility index (Phi) is 2.82. The van der Waals surface area contributed by atoms with Crippen LogP contribution in [-0.2, 0) is 4.79 Å². The SMILES string of the molecule is C[C@H](C(=O)O)c1c[nH]c2cc(Cl)c(Cl)cc12. The third-order valence-electron chi connectivity index (χ3n) is 2.59. The molecular formula is C11H9Cl2NO2. The lowest BCUT2D eigenvalue weighted by molar-refractivity contribution is -0.138. The van der Waals surface area contributed by atoms with Crippen LogP contribution in [-0.4, -0.2) is 16.1 Å². The molecule has 0 aliphatic rings. The molecule has 3 nitrogen and oxygen atoms in total. The number of aliphatic carboxylic acids is 1. The van der Waals surface area contributed by atoms with E-state index in [1.165, 1.54) is 0 Å². The zero-order chi connectivity index (χ0) is 11.9. The molecule has 0 aliphatic heterocycles. The quantitative estimate of drug-likeness (QED) is 0.863. The summed E-state index contributed by atoms with van der Waals surface area (Å²) in [5.74, 6) is -1.45. The van der Waals surface area contributed by atoms with Gasteiger partial charge in [0.1, 0.15) is 0 Å². The number of halogens is 2. The predicted octanol–water partition coefficient (Wildman–Crippen LogP) is 3.66. The molecule has 1 aromatic carbocycles. The van der Waals surface area contributed by atoms with Gasteiger partial charge in [-0.05, 0) is 24.6 Å². The van der Waals surface area contributed by atoms with Crippen LogP contribution in [0.15, 0.2) is 18.3 Å². The minimum atomic E-state index is -0.869. The zero-order valence-electron chi connectivity index (χ0n) is 8.42. The summed E-state index contributed by atoms with van der Waals surface area (Å²) in [6.45, 7) is 1.63. The highest BCUT2D eigenvalue weighted by atomic mass is 35.5. The van der Waals surface area contributed by atoms with Crippen molar-refractivity contribution in [1.29, 1.82) is 0 Å². The standard InChI is InChI=1S/C11H9Cl2NO2/c1-5(11(15)16)7-4-14-10-3-9(13)8(12)2-6(7)10/h2-5,14H,1H3,(H,15,16)/t5-/m0/s1. The number of carbonyl (C=O) groups is 1. The van der Waals surface area contributed by atoms with Crippen LogP contribution < -0.4 is 0 Å². The van der Waals surface area contributed by atoms with E-state index in [1.807, 2.05) is 0 Å². The molecule has 5 heteroatoms. The van der Waals surface area contributed by atoms with Crippen LogP contribution in [0.5, 0.6) is 0 Å². The van der Waals surface area contributed by atoms with Crippen LogP contribution in [0.3, 0.4) is 0 Å². The second-order valence-corrected chi connectivity index (χ2v) is 4.43. The molecule has 0 saturated heterocycles. The second kappa shape index (κ2) is 4.00. The molecule has 2 aromatic rings. The summed E-state index contributed by atoms with van der Waals surface area (Å²) >= 11 is 11.8. The fraction of sp³-hybridized carbons (Fsp3) is 0.182. The molecule has 0 saturated carbocycles. The lowest BCUT2D eigenvalue weighted by Gasteiger charge is -2.04. The van der Waals surface area contributed by atoms with Crippen LogP contribution in [0, 0.1) is 0 Å². The fourth-order valence-corrected chi connectivity index (χ4v) is 1.96. The van der Waals surface area contributed by atoms with Crippen molar-refractivity contribution in [2.75, 3.05) is 0 Å². The number of fused-ring (bicyclic) bond motifs is 1. The van der Waals surface area contributed by atoms with Crippen LogP contribution in [0.25, 0.3) is 10.9 Å². The van der Waals surface area contributed by atoms with Crippen molar-refractivity contribution in [2.24, 2.45) is 0 Å². The number of nitrogens with one attached hydrogen (secondary N) is 1. The van der Waals surface area contributed by atoms with Crippen molar-refractivity contribution in [1.82, 2.24) is 4.98 Å². The molecule has 0 radical (unpaired) electrons. The topological polar surface area (TPSA) is 53.1 Å². The zero-order valence-corrected chi connectivity index (χ0v) is 9.93. The molecule has 1 aromatic heterocycles. The smallest absolute Gasteiger partial charge is 0.310 e. The molecule has 84 valence electrons. The van der Waals surface area contributed by atoms with Gasteiger partial charge in [-0.15, -0.1) is 0 Å². The van der Waals surface area contributed by atoms with E-state index in [9.17, 15) is 4.79 Å². The number of rotatable bonds is 2. The van der Waals surface area contributed by atoms with Crippen LogP contribution in [0.2, 0.25) is 10.0 Å². The van der Waals surface area contributed by atoms with Gasteiger partial charge in [0.25, 0.3) is 0 Å². The first kappa shape index (κ1) is 11.3. The Morgan fingerprint density at radius 1 is 1.38 bits per heavy atom. The Bertz CT molecular complexity index is 562. The molecule has 0 unspecified atom stereocenters. The number of carboxylic acid groups (broad SMARTS) is 1. The van der Waals surface area contributed by atoms with Crippen molar-refractivity contribution < 1.29 is 9.90 Å². The number of H-pyrrole nitrogens is 1. The Balaban J connectivity index is 2.65. The summed E-state index contributed by atoms with van der Waals surface area (Å²) in [7, 11) is 0. The van der Waals surface area contributed by atoms with Crippen molar-refractivity contribution in [3.8, 4) is 0 Å². The van der Waals surface area contributed by atoms with Crippen molar-refractivity contribution in [3.63, 3.8) is 0 Å². The molecule has 1 atom stereocenters. The van der Waals surface area contributed by atoms with Gasteiger partial charge in [-0.3, -0.25) is 4.79 Å². The first-order valence-electron chi connectivity index (χ1n) is 4.69. The van der Waals surface area contributed by atoms with Gasteiger partial charge in [0.15, 0.2) is 0 Å². The third kappa shape index (κ3) is 1.77. The molecule has 0 aliphatic carbocycles. The normalized spacial score (nSPS) is 12.9. The first-order chi connectivity index (χ1) is 7.50. The number of hydrogen-bond donors (Lipinski definition) is 2. The fourth-order valence-electron chi connectivity index (χ4n) is 1.63. The Morgan fingerprint density at radius 3 is 2.62 bits per heavy atom. The molecule has 0 bridgehead atoms. The summed E-state index contributed by atoms with van der Waals surface area (Å²) in [5, 5.41) is 10.6. The van der Waals surface area contributed by atoms with Gasteiger partial charge in [0.05, 0.1) is 16.0 Å². The molecule has 16 heavy (non-hydrogen) atoms. The number of aromatic nitrogens is 1. The van der Waals surface area contributed by atoms with Crippen LogP contribution in [0.4, 0.5) is 0 Å². The van der Waals surface area contributed by atoms with Gasteiger partial charge in [-0.1, -0.05) is 23.2 Å². The Morgan fingerprint density at radius 2 is 2.00 bits per heavy atom. The molecule has 0 fully saturated rings. The Hall–Kier alpha value is -1.19. The van der Waals surface area contributed by atoms with Gasteiger partial charge in [0, 0.05) is 17.1 Å². The summed E-state index contributed by atoms with van der Waals surface area (Å²) in [4.78, 5) is 13.9. The van der Waals surface area contributed by atoms with Gasteiger partial charge in [-0.2, -0.15) is 0 Å². The van der Waals surface area contributed by atoms with Crippen LogP contribution in [0.1, 0.15) is 18.4 Å². The van der Waals surface area contributed by atoms with Gasteiger partial charge in [-0.25, -0.2) is 0 Å². The van der Waals surface area contributed by atoms with Crippen molar-refractivity contribution >= 4 is 40.1 Å². The maximum atomic E-state index is 10.9. The van der Waals surface area contributed by atoms with E-state index in [0.717, 1.165) is 10.9 Å². The van der Waals surface area contributed by atoms with E-state index >= 15 is 0 Å². The van der Waals surface area contributed by atoms with Gasteiger partial charge < -0.3 is 10.1 Å². The van der Waals surface area contributed by atoms with Crippen molar-refractivity contribution in [3.05, 3.63) is 33.9 Å². The molecule has 0 spiro atoms. The molecule has 2 rings (SSSR count). The Labute approximate surface area is 102 Å². The molecule has 0 amide bonds. The number of aromatic amines is 1. The monoisotopic (exact) mass is 257 g/mol. The highest BCUT2D eigenvalue weighted by Crippen LogP contribution is 2.32. The molecular weight excluding hydrogens is 249 g/mol. The van der Waals surface area contributed by atoms with Gasteiger partial charge in [0.2, 0.25) is 0 Å². The minimum absolute atomic E-state index is 0.424. The maximum absolute atomic E-state index is 10.9. The van der Waals surface area contributed by atoms with E-state index in [-0.39, 0.29) is 0 Å². The van der Waals surface area contributed by atoms with Crippen molar-refractivity contribution in [2.45, 2.75) is 12.8 Å². The summed E-state index contributed by atoms with van der Waals surface area (Å²) < 4.78 is 0. The molecule has 1 heterocycles. The lowest BCUT2D eigenvalue weighted by atomic mass is 10.0. The van der Waals surface area contributed by atoms with E-state index in [2.05, 4.69) is 4.98 Å². The van der Waals surface area contributed by atoms with Crippen LogP contribution >= 0.6 is 23.2 Å². The third-order valence-corrected chi connectivity index (χ3v) is 3.31. The highest BCUT2D eigenvalue weighted by Gasteiger charge is 2.18. The average molecular weight is 258 g/mol. The average Bonchev–Trinajstić information content (AvgIpc) is 2.60. The first-order valence-corrected chi connectivity index (χ1v) is 5.45. The lowest BCUT2D eigenvalue weighted by Crippen LogP contribution is -2.06. The number of hydrogen-bond acceptors (Lipinski definition) is 1. The summed E-state index contributed by atoms with van der Waals surface area (Å²) in [6, 6.07) is 3.38. The summed E-state index contributed by atoms with van der Waals surface area (Å²) in [5.41, 5.74) is 1.50. The van der Waals surface area contributed by atoms with E-state index in [0.29, 0.717) is 15.6 Å².